The minimum absolute atomic E-state index is 0.0374. The molecule has 1 heterocycles. The van der Waals surface area contributed by atoms with Crippen LogP contribution in [0, 0.1) is 6.92 Å². The molecule has 1 saturated carbocycles. The van der Waals surface area contributed by atoms with Gasteiger partial charge in [-0.15, -0.1) is 0 Å². The number of ether oxygens (including phenoxy) is 1. The van der Waals surface area contributed by atoms with Crippen molar-refractivity contribution in [3.05, 3.63) is 23.0 Å². The fraction of sp³-hybridized carbons (Fsp3) is 0.765. The largest absolute Gasteiger partial charge is 0.418 e. The van der Waals surface area contributed by atoms with Crippen LogP contribution < -0.4 is 0 Å². The Morgan fingerprint density at radius 1 is 1.18 bits per heavy atom. The molecule has 0 unspecified atom stereocenters. The van der Waals surface area contributed by atoms with Crippen molar-refractivity contribution in [3.63, 3.8) is 0 Å². The maximum absolute atomic E-state index is 13.4. The Morgan fingerprint density at radius 2 is 1.82 bits per heavy atom. The first kappa shape index (κ1) is 17.4. The predicted molar refractivity (Wildman–Crippen MR) is 81.1 cm³/mol. The van der Waals surface area contributed by atoms with Crippen LogP contribution in [-0.4, -0.2) is 18.3 Å². The maximum atomic E-state index is 13.4. The number of hydrogen-bond acceptors (Lipinski definition) is 1. The van der Waals surface area contributed by atoms with E-state index in [4.69, 9.17) is 4.74 Å². The summed E-state index contributed by atoms with van der Waals surface area (Å²) in [7, 11) is 1.62. The number of aryl methyl sites for hydroxylation is 1. The Labute approximate surface area is 130 Å². The molecular weight excluding hydrogens is 291 g/mol. The SMILES string of the molecule is COCCCn1c(C)cc(C(F)(F)F)c1C1CCCCCC1. The Bertz CT molecular complexity index is 471. The Balaban J connectivity index is 2.36. The number of rotatable bonds is 5. The molecule has 0 amide bonds. The van der Waals surface area contributed by atoms with Gasteiger partial charge in [-0.3, -0.25) is 0 Å². The highest BCUT2D eigenvalue weighted by molar-refractivity contribution is 5.33. The first-order chi connectivity index (χ1) is 10.4. The van der Waals surface area contributed by atoms with E-state index < -0.39 is 11.7 Å². The third-order valence-electron chi connectivity index (χ3n) is 4.62. The number of halogens is 3. The third-order valence-corrected chi connectivity index (χ3v) is 4.62. The lowest BCUT2D eigenvalue weighted by molar-refractivity contribution is -0.138. The second-order valence-corrected chi connectivity index (χ2v) is 6.27. The summed E-state index contributed by atoms with van der Waals surface area (Å²) in [4.78, 5) is 0. The Morgan fingerprint density at radius 3 is 2.36 bits per heavy atom. The average Bonchev–Trinajstić information content (AvgIpc) is 2.65. The van der Waals surface area contributed by atoms with Gasteiger partial charge in [-0.25, -0.2) is 0 Å². The summed E-state index contributed by atoms with van der Waals surface area (Å²) >= 11 is 0. The van der Waals surface area contributed by atoms with Crippen molar-refractivity contribution >= 4 is 0 Å². The Hall–Kier alpha value is -0.970. The third kappa shape index (κ3) is 4.06. The van der Waals surface area contributed by atoms with Crippen LogP contribution in [0.1, 0.15) is 67.8 Å². The molecule has 0 N–H and O–H groups in total. The molecule has 0 atom stereocenters. The molecule has 0 aliphatic heterocycles. The molecule has 1 aliphatic rings. The van der Waals surface area contributed by atoms with Gasteiger partial charge in [0.2, 0.25) is 0 Å². The first-order valence-electron chi connectivity index (χ1n) is 8.21. The lowest BCUT2D eigenvalue weighted by Gasteiger charge is -2.22. The van der Waals surface area contributed by atoms with E-state index in [2.05, 4.69) is 0 Å². The van der Waals surface area contributed by atoms with Gasteiger partial charge >= 0.3 is 6.18 Å². The maximum Gasteiger partial charge on any atom is 0.418 e. The molecule has 0 aromatic carbocycles. The molecule has 2 nitrogen and oxygen atoms in total. The van der Waals surface area contributed by atoms with E-state index in [9.17, 15) is 13.2 Å². The second-order valence-electron chi connectivity index (χ2n) is 6.27. The summed E-state index contributed by atoms with van der Waals surface area (Å²) < 4.78 is 47.3. The zero-order chi connectivity index (χ0) is 16.2. The number of aromatic nitrogens is 1. The van der Waals surface area contributed by atoms with Gasteiger partial charge in [0.05, 0.1) is 5.56 Å². The Kier molecular flexibility index (Phi) is 5.95. The van der Waals surface area contributed by atoms with Gasteiger partial charge in [-0.1, -0.05) is 25.7 Å². The van der Waals surface area contributed by atoms with Crippen molar-refractivity contribution in [2.75, 3.05) is 13.7 Å². The minimum atomic E-state index is -4.26. The molecular formula is C17H26F3NO. The summed E-state index contributed by atoms with van der Waals surface area (Å²) in [5, 5.41) is 0. The topological polar surface area (TPSA) is 14.2 Å². The standard InChI is InChI=1S/C17H26F3NO/c1-13-12-15(17(18,19)20)16(21(13)10-7-11-22-2)14-8-5-3-4-6-9-14/h12,14H,3-11H2,1-2H3. The quantitative estimate of drug-likeness (QED) is 0.531. The van der Waals surface area contributed by atoms with Crippen LogP contribution in [0.25, 0.3) is 0 Å². The first-order valence-corrected chi connectivity index (χ1v) is 8.21. The normalized spacial score (nSPS) is 17.7. The fourth-order valence-corrected chi connectivity index (χ4v) is 3.58. The molecule has 1 aliphatic carbocycles. The van der Waals surface area contributed by atoms with E-state index in [0.29, 0.717) is 24.5 Å². The van der Waals surface area contributed by atoms with Gasteiger partial charge in [-0.2, -0.15) is 13.2 Å². The summed E-state index contributed by atoms with van der Waals surface area (Å²) in [5.74, 6) is 0.0374. The smallest absolute Gasteiger partial charge is 0.385 e. The van der Waals surface area contributed by atoms with E-state index >= 15 is 0 Å². The molecule has 2 rings (SSSR count). The minimum Gasteiger partial charge on any atom is -0.385 e. The van der Waals surface area contributed by atoms with Gasteiger partial charge in [0.15, 0.2) is 0 Å². The monoisotopic (exact) mass is 317 g/mol. The van der Waals surface area contributed by atoms with Crippen LogP contribution in [0.15, 0.2) is 6.07 Å². The van der Waals surface area contributed by atoms with E-state index in [1.54, 1.807) is 14.0 Å². The highest BCUT2D eigenvalue weighted by atomic mass is 19.4. The molecule has 1 aromatic rings. The summed E-state index contributed by atoms with van der Waals surface area (Å²) in [6.07, 6.45) is 2.56. The zero-order valence-electron chi connectivity index (χ0n) is 13.5. The molecule has 1 fully saturated rings. The highest BCUT2D eigenvalue weighted by Crippen LogP contribution is 2.41. The van der Waals surface area contributed by atoms with Crippen molar-refractivity contribution in [1.82, 2.24) is 4.57 Å². The van der Waals surface area contributed by atoms with Gasteiger partial charge in [-0.05, 0) is 38.2 Å². The van der Waals surface area contributed by atoms with E-state index in [0.717, 1.165) is 44.9 Å². The lowest BCUT2D eigenvalue weighted by Crippen LogP contribution is -2.16. The van der Waals surface area contributed by atoms with Crippen molar-refractivity contribution in [1.29, 1.82) is 0 Å². The van der Waals surface area contributed by atoms with Crippen LogP contribution in [0.2, 0.25) is 0 Å². The summed E-state index contributed by atoms with van der Waals surface area (Å²) in [5.41, 5.74) is 0.806. The highest BCUT2D eigenvalue weighted by Gasteiger charge is 2.38. The van der Waals surface area contributed by atoms with Crippen LogP contribution in [0.4, 0.5) is 13.2 Å². The number of alkyl halides is 3. The number of hydrogen-bond donors (Lipinski definition) is 0. The predicted octanol–water partition coefficient (Wildman–Crippen LogP) is 5.29. The van der Waals surface area contributed by atoms with E-state index in [-0.39, 0.29) is 5.92 Å². The van der Waals surface area contributed by atoms with Gasteiger partial charge in [0.25, 0.3) is 0 Å². The van der Waals surface area contributed by atoms with Crippen molar-refractivity contribution < 1.29 is 17.9 Å². The molecule has 0 bridgehead atoms. The molecule has 0 radical (unpaired) electrons. The van der Waals surface area contributed by atoms with Gasteiger partial charge in [0, 0.05) is 31.6 Å². The average molecular weight is 317 g/mol. The van der Waals surface area contributed by atoms with Gasteiger partial charge < -0.3 is 9.30 Å². The summed E-state index contributed by atoms with van der Waals surface area (Å²) in [6, 6.07) is 1.33. The molecule has 5 heteroatoms. The molecule has 0 spiro atoms. The van der Waals surface area contributed by atoms with Crippen molar-refractivity contribution in [2.45, 2.75) is 70.5 Å². The van der Waals surface area contributed by atoms with Crippen LogP contribution in [0.3, 0.4) is 0 Å². The fourth-order valence-electron chi connectivity index (χ4n) is 3.58. The van der Waals surface area contributed by atoms with Crippen molar-refractivity contribution in [2.24, 2.45) is 0 Å². The van der Waals surface area contributed by atoms with Gasteiger partial charge in [0.1, 0.15) is 0 Å². The summed E-state index contributed by atoms with van der Waals surface area (Å²) in [6.45, 7) is 2.95. The van der Waals surface area contributed by atoms with Crippen LogP contribution in [-0.2, 0) is 17.5 Å². The number of methoxy groups -OCH3 is 1. The molecule has 1 aromatic heterocycles. The van der Waals surface area contributed by atoms with E-state index in [1.807, 2.05) is 4.57 Å². The van der Waals surface area contributed by atoms with Crippen LogP contribution in [0.5, 0.6) is 0 Å². The second kappa shape index (κ2) is 7.53. The molecule has 22 heavy (non-hydrogen) atoms. The van der Waals surface area contributed by atoms with E-state index in [1.165, 1.54) is 6.07 Å². The van der Waals surface area contributed by atoms with Crippen LogP contribution >= 0.6 is 0 Å². The molecule has 0 saturated heterocycles. The molecule has 126 valence electrons. The zero-order valence-corrected chi connectivity index (χ0v) is 13.5. The van der Waals surface area contributed by atoms with Crippen molar-refractivity contribution in [3.8, 4) is 0 Å². The lowest BCUT2D eigenvalue weighted by atomic mass is 9.93. The number of nitrogens with zero attached hydrogens (tertiary/aromatic N) is 1.